The molecule has 1 N–H and O–H groups in total. The Morgan fingerprint density at radius 2 is 2.25 bits per heavy atom. The molecule has 20 heavy (non-hydrogen) atoms. The van der Waals surface area contributed by atoms with Crippen molar-refractivity contribution in [2.24, 2.45) is 0 Å². The fourth-order valence-electron chi connectivity index (χ4n) is 2.03. The predicted molar refractivity (Wildman–Crippen MR) is 86.4 cm³/mol. The van der Waals surface area contributed by atoms with E-state index in [2.05, 4.69) is 34.2 Å². The average Bonchev–Trinajstić information content (AvgIpc) is 2.93. The second-order valence-corrected chi connectivity index (χ2v) is 6.31. The molecule has 0 spiro atoms. The molecule has 6 heteroatoms. The van der Waals surface area contributed by atoms with Crippen molar-refractivity contribution >= 4 is 38.6 Å². The van der Waals surface area contributed by atoms with E-state index in [0.717, 1.165) is 12.8 Å². The molecule has 0 radical (unpaired) electrons. The lowest BCUT2D eigenvalue weighted by Gasteiger charge is -2.18. The number of nitro groups is 1. The Morgan fingerprint density at radius 3 is 2.85 bits per heavy atom. The fourth-order valence-corrected chi connectivity index (χ4v) is 3.19. The predicted octanol–water partition coefficient (Wildman–Crippen LogP) is 5.37. The second kappa shape index (κ2) is 6.85. The lowest BCUT2D eigenvalue weighted by atomic mass is 10.1. The van der Waals surface area contributed by atoms with E-state index in [4.69, 9.17) is 0 Å². The standard InChI is InChI=1S/C14H15BrN2O2S/c1-2-4-12(14-5-3-8-20-14)16-11-7-6-10(15)9-13(11)17(18)19/h3,5-9,12,16H,2,4H2,1H3. The number of benzene rings is 1. The van der Waals surface area contributed by atoms with Gasteiger partial charge in [0.1, 0.15) is 5.69 Å². The van der Waals surface area contributed by atoms with Crippen LogP contribution in [-0.4, -0.2) is 4.92 Å². The molecule has 0 aliphatic heterocycles. The van der Waals surface area contributed by atoms with Gasteiger partial charge in [-0.15, -0.1) is 11.3 Å². The summed E-state index contributed by atoms with van der Waals surface area (Å²) >= 11 is 4.94. The van der Waals surface area contributed by atoms with Crippen LogP contribution in [0.4, 0.5) is 11.4 Å². The first-order chi connectivity index (χ1) is 9.61. The highest BCUT2D eigenvalue weighted by atomic mass is 79.9. The van der Waals surface area contributed by atoms with E-state index in [1.54, 1.807) is 17.4 Å². The van der Waals surface area contributed by atoms with Crippen LogP contribution in [0, 0.1) is 10.1 Å². The van der Waals surface area contributed by atoms with Crippen molar-refractivity contribution in [2.75, 3.05) is 5.32 Å². The van der Waals surface area contributed by atoms with Gasteiger partial charge in [0, 0.05) is 15.4 Å². The highest BCUT2D eigenvalue weighted by molar-refractivity contribution is 9.10. The van der Waals surface area contributed by atoms with Crippen LogP contribution in [0.2, 0.25) is 0 Å². The molecule has 1 atom stereocenters. The quantitative estimate of drug-likeness (QED) is 0.560. The number of hydrogen-bond acceptors (Lipinski definition) is 4. The summed E-state index contributed by atoms with van der Waals surface area (Å²) in [6.45, 7) is 2.11. The number of nitrogens with one attached hydrogen (secondary N) is 1. The number of halogens is 1. The first kappa shape index (κ1) is 15.0. The lowest BCUT2D eigenvalue weighted by molar-refractivity contribution is -0.384. The third kappa shape index (κ3) is 3.58. The molecule has 0 fully saturated rings. The van der Waals surface area contributed by atoms with E-state index >= 15 is 0 Å². The van der Waals surface area contributed by atoms with Crippen LogP contribution in [0.1, 0.15) is 30.7 Å². The summed E-state index contributed by atoms with van der Waals surface area (Å²) in [4.78, 5) is 12.0. The van der Waals surface area contributed by atoms with Crippen LogP contribution in [0.3, 0.4) is 0 Å². The van der Waals surface area contributed by atoms with Gasteiger partial charge in [0.15, 0.2) is 0 Å². The number of hydrogen-bond donors (Lipinski definition) is 1. The van der Waals surface area contributed by atoms with Crippen LogP contribution >= 0.6 is 27.3 Å². The molecule has 1 heterocycles. The second-order valence-electron chi connectivity index (χ2n) is 4.42. The van der Waals surface area contributed by atoms with Crippen molar-refractivity contribution in [3.63, 3.8) is 0 Å². The number of anilines is 1. The lowest BCUT2D eigenvalue weighted by Crippen LogP contribution is -2.10. The highest BCUT2D eigenvalue weighted by Gasteiger charge is 2.18. The Bertz CT molecular complexity index is 587. The van der Waals surface area contributed by atoms with Crippen molar-refractivity contribution in [3.05, 3.63) is 55.2 Å². The van der Waals surface area contributed by atoms with Gasteiger partial charge < -0.3 is 5.32 Å². The smallest absolute Gasteiger partial charge is 0.293 e. The zero-order chi connectivity index (χ0) is 14.5. The minimum absolute atomic E-state index is 0.0945. The molecule has 0 aliphatic rings. The van der Waals surface area contributed by atoms with Gasteiger partial charge in [0.2, 0.25) is 0 Å². The van der Waals surface area contributed by atoms with Crippen LogP contribution in [0.25, 0.3) is 0 Å². The van der Waals surface area contributed by atoms with Crippen LogP contribution in [0.5, 0.6) is 0 Å². The minimum Gasteiger partial charge on any atom is -0.372 e. The maximum absolute atomic E-state index is 11.1. The molecule has 2 rings (SSSR count). The summed E-state index contributed by atoms with van der Waals surface area (Å²) in [6, 6.07) is 9.26. The van der Waals surface area contributed by atoms with Crippen molar-refractivity contribution in [1.82, 2.24) is 0 Å². The van der Waals surface area contributed by atoms with Gasteiger partial charge in [-0.3, -0.25) is 10.1 Å². The average molecular weight is 355 g/mol. The van der Waals surface area contributed by atoms with Gasteiger partial charge in [0.25, 0.3) is 5.69 Å². The van der Waals surface area contributed by atoms with Gasteiger partial charge in [0.05, 0.1) is 11.0 Å². The molecule has 1 aromatic carbocycles. The number of thiophene rings is 1. The Kier molecular flexibility index (Phi) is 5.14. The number of nitrogens with zero attached hydrogens (tertiary/aromatic N) is 1. The van der Waals surface area contributed by atoms with Gasteiger partial charge >= 0.3 is 0 Å². The highest BCUT2D eigenvalue weighted by Crippen LogP contribution is 2.33. The maximum atomic E-state index is 11.1. The van der Waals surface area contributed by atoms with Crippen LogP contribution in [0.15, 0.2) is 40.2 Å². The first-order valence-electron chi connectivity index (χ1n) is 6.35. The Labute approximate surface area is 130 Å². The number of nitro benzene ring substituents is 1. The van der Waals surface area contributed by atoms with Gasteiger partial charge in [-0.2, -0.15) is 0 Å². The molecular formula is C14H15BrN2O2S. The zero-order valence-corrected chi connectivity index (χ0v) is 13.4. The summed E-state index contributed by atoms with van der Waals surface area (Å²) in [7, 11) is 0. The normalized spacial score (nSPS) is 12.1. The van der Waals surface area contributed by atoms with Gasteiger partial charge in [-0.05, 0) is 30.0 Å². The first-order valence-corrected chi connectivity index (χ1v) is 8.03. The SMILES string of the molecule is CCCC(Nc1ccc(Br)cc1[N+](=O)[O-])c1cccs1. The third-order valence-corrected chi connectivity index (χ3v) is 4.43. The molecule has 4 nitrogen and oxygen atoms in total. The molecular weight excluding hydrogens is 340 g/mol. The summed E-state index contributed by atoms with van der Waals surface area (Å²) in [5, 5.41) is 16.5. The van der Waals surface area contributed by atoms with Crippen molar-refractivity contribution in [2.45, 2.75) is 25.8 Å². The molecule has 106 valence electrons. The maximum Gasteiger partial charge on any atom is 0.293 e. The van der Waals surface area contributed by atoms with Crippen molar-refractivity contribution in [1.29, 1.82) is 0 Å². The van der Waals surface area contributed by atoms with Crippen molar-refractivity contribution in [3.8, 4) is 0 Å². The monoisotopic (exact) mass is 354 g/mol. The van der Waals surface area contributed by atoms with Gasteiger partial charge in [-0.25, -0.2) is 0 Å². The number of rotatable bonds is 6. The molecule has 0 amide bonds. The molecule has 2 aromatic rings. The Hall–Kier alpha value is -1.40. The van der Waals surface area contributed by atoms with Gasteiger partial charge in [-0.1, -0.05) is 35.3 Å². The van der Waals surface area contributed by atoms with E-state index in [-0.39, 0.29) is 16.7 Å². The minimum atomic E-state index is -0.357. The van der Waals surface area contributed by atoms with E-state index < -0.39 is 0 Å². The Balaban J connectivity index is 2.29. The summed E-state index contributed by atoms with van der Waals surface area (Å²) in [6.07, 6.45) is 1.95. The topological polar surface area (TPSA) is 55.2 Å². The molecule has 1 unspecified atom stereocenters. The third-order valence-electron chi connectivity index (χ3n) is 2.95. The van der Waals surface area contributed by atoms with E-state index in [1.807, 2.05) is 17.5 Å². The summed E-state index contributed by atoms with van der Waals surface area (Å²) < 4.78 is 0.706. The van der Waals surface area contributed by atoms with Crippen molar-refractivity contribution < 1.29 is 4.92 Å². The van der Waals surface area contributed by atoms with E-state index in [1.165, 1.54) is 10.9 Å². The molecule has 1 aromatic heterocycles. The van der Waals surface area contributed by atoms with E-state index in [9.17, 15) is 10.1 Å². The Morgan fingerprint density at radius 1 is 1.45 bits per heavy atom. The largest absolute Gasteiger partial charge is 0.372 e. The van der Waals surface area contributed by atoms with E-state index in [0.29, 0.717) is 10.2 Å². The molecule has 0 bridgehead atoms. The summed E-state index contributed by atoms with van der Waals surface area (Å²) in [5.74, 6) is 0. The zero-order valence-electron chi connectivity index (χ0n) is 11.0. The summed E-state index contributed by atoms with van der Waals surface area (Å²) in [5.41, 5.74) is 0.655. The molecule has 0 saturated heterocycles. The molecule has 0 aliphatic carbocycles. The van der Waals surface area contributed by atoms with Crippen LogP contribution in [-0.2, 0) is 0 Å². The fraction of sp³-hybridized carbons (Fsp3) is 0.286. The molecule has 0 saturated carbocycles. The van der Waals surface area contributed by atoms with Crippen LogP contribution < -0.4 is 5.32 Å².